The van der Waals surface area contributed by atoms with Gasteiger partial charge in [-0.3, -0.25) is 0 Å². The van der Waals surface area contributed by atoms with Gasteiger partial charge in [0, 0.05) is 0 Å². The average molecular weight is 328 g/mol. The molecule has 24 heavy (non-hydrogen) atoms. The first-order valence-corrected chi connectivity index (χ1v) is 7.84. The van der Waals surface area contributed by atoms with Gasteiger partial charge in [-0.15, -0.1) is 0 Å². The molecule has 2 aromatic carbocycles. The Morgan fingerprint density at radius 3 is 1.42 bits per heavy atom. The number of aliphatic hydroxyl groups excluding tert-OH is 2. The summed E-state index contributed by atoms with van der Waals surface area (Å²) in [7, 11) is 3.21. The fourth-order valence-electron chi connectivity index (χ4n) is 2.52. The number of hydrogen-bond acceptors (Lipinski definition) is 4. The predicted octanol–water partition coefficient (Wildman–Crippen LogP) is 3.81. The zero-order valence-electron chi connectivity index (χ0n) is 14.1. The fraction of sp³-hybridized carbons (Fsp3) is 0.300. The molecule has 0 heterocycles. The first-order chi connectivity index (χ1) is 11.5. The van der Waals surface area contributed by atoms with Crippen LogP contribution in [0.15, 0.2) is 60.7 Å². The van der Waals surface area contributed by atoms with Crippen LogP contribution < -0.4 is 9.47 Å². The zero-order valence-corrected chi connectivity index (χ0v) is 14.1. The lowest BCUT2D eigenvalue weighted by atomic mass is 9.96. The summed E-state index contributed by atoms with van der Waals surface area (Å²) < 4.78 is 10.2. The van der Waals surface area contributed by atoms with Crippen molar-refractivity contribution in [3.8, 4) is 11.5 Å². The van der Waals surface area contributed by atoms with Crippen LogP contribution in [0.4, 0.5) is 0 Å². The van der Waals surface area contributed by atoms with Crippen LogP contribution in [-0.2, 0) is 0 Å². The Balaban J connectivity index is 1.90. The van der Waals surface area contributed by atoms with E-state index in [0.717, 1.165) is 28.2 Å². The van der Waals surface area contributed by atoms with Gasteiger partial charge in [0.1, 0.15) is 11.5 Å². The average Bonchev–Trinajstić information content (AvgIpc) is 2.61. The molecule has 0 aliphatic carbocycles. The lowest BCUT2D eigenvalue weighted by molar-refractivity contribution is 0.158. The molecule has 0 fully saturated rings. The summed E-state index contributed by atoms with van der Waals surface area (Å²) in [6.45, 7) is 3.98. The molecular weight excluding hydrogens is 304 g/mol. The first-order valence-electron chi connectivity index (χ1n) is 7.84. The van der Waals surface area contributed by atoms with Gasteiger partial charge < -0.3 is 19.7 Å². The maximum absolute atomic E-state index is 10.3. The van der Waals surface area contributed by atoms with Crippen LogP contribution in [0.3, 0.4) is 0 Å². The molecule has 0 aromatic heterocycles. The predicted molar refractivity (Wildman–Crippen MR) is 94.3 cm³/mol. The lowest BCUT2D eigenvalue weighted by Crippen LogP contribution is -2.03. The molecule has 0 radical (unpaired) electrons. The topological polar surface area (TPSA) is 58.9 Å². The largest absolute Gasteiger partial charge is 0.497 e. The van der Waals surface area contributed by atoms with Crippen molar-refractivity contribution in [1.29, 1.82) is 0 Å². The van der Waals surface area contributed by atoms with E-state index in [1.807, 2.05) is 48.5 Å². The van der Waals surface area contributed by atoms with E-state index in [2.05, 4.69) is 6.58 Å². The van der Waals surface area contributed by atoms with Gasteiger partial charge in [-0.05, 0) is 48.2 Å². The van der Waals surface area contributed by atoms with E-state index < -0.39 is 12.2 Å². The van der Waals surface area contributed by atoms with Crippen LogP contribution >= 0.6 is 0 Å². The van der Waals surface area contributed by atoms with Gasteiger partial charge in [0.2, 0.25) is 0 Å². The monoisotopic (exact) mass is 328 g/mol. The van der Waals surface area contributed by atoms with Crippen molar-refractivity contribution in [3.63, 3.8) is 0 Å². The number of methoxy groups -OCH3 is 2. The Labute approximate surface area is 143 Å². The Morgan fingerprint density at radius 2 is 1.12 bits per heavy atom. The highest BCUT2D eigenvalue weighted by atomic mass is 16.5. The van der Waals surface area contributed by atoms with E-state index in [-0.39, 0.29) is 0 Å². The van der Waals surface area contributed by atoms with Gasteiger partial charge in [-0.25, -0.2) is 0 Å². The fourth-order valence-corrected chi connectivity index (χ4v) is 2.52. The molecule has 0 amide bonds. The van der Waals surface area contributed by atoms with E-state index in [0.29, 0.717) is 12.8 Å². The van der Waals surface area contributed by atoms with Gasteiger partial charge in [-0.2, -0.15) is 0 Å². The van der Waals surface area contributed by atoms with Gasteiger partial charge in [0.15, 0.2) is 0 Å². The van der Waals surface area contributed by atoms with Crippen molar-refractivity contribution < 1.29 is 19.7 Å². The van der Waals surface area contributed by atoms with E-state index in [4.69, 9.17) is 9.47 Å². The SMILES string of the molecule is C=C(C[C@@H](O)c1ccc(OC)cc1)C[C@@H](O)c1ccc(OC)cc1. The van der Waals surface area contributed by atoms with Gasteiger partial charge in [0.25, 0.3) is 0 Å². The number of benzene rings is 2. The van der Waals surface area contributed by atoms with Crippen LogP contribution in [0.5, 0.6) is 11.5 Å². The van der Waals surface area contributed by atoms with Crippen molar-refractivity contribution >= 4 is 0 Å². The smallest absolute Gasteiger partial charge is 0.118 e. The van der Waals surface area contributed by atoms with Crippen LogP contribution in [0.25, 0.3) is 0 Å². The minimum Gasteiger partial charge on any atom is -0.497 e. The highest BCUT2D eigenvalue weighted by Gasteiger charge is 2.14. The van der Waals surface area contributed by atoms with Crippen LogP contribution in [-0.4, -0.2) is 24.4 Å². The summed E-state index contributed by atoms with van der Waals surface area (Å²) in [6.07, 6.45) is -0.489. The standard InChI is InChI=1S/C20H24O4/c1-14(12-19(21)15-4-8-17(23-2)9-5-15)13-20(22)16-6-10-18(24-3)11-7-16/h4-11,19-22H,1,12-13H2,2-3H3/t19-,20-/m1/s1. The highest BCUT2D eigenvalue weighted by Crippen LogP contribution is 2.28. The second-order valence-corrected chi connectivity index (χ2v) is 5.74. The third kappa shape index (κ3) is 4.85. The van der Waals surface area contributed by atoms with Crippen molar-refractivity contribution in [3.05, 3.63) is 71.8 Å². The maximum Gasteiger partial charge on any atom is 0.118 e. The van der Waals surface area contributed by atoms with E-state index in [1.54, 1.807) is 14.2 Å². The normalized spacial score (nSPS) is 13.2. The molecule has 128 valence electrons. The molecule has 2 rings (SSSR count). The minimum atomic E-state index is -0.647. The number of ether oxygens (including phenoxy) is 2. The summed E-state index contributed by atoms with van der Waals surface area (Å²) >= 11 is 0. The molecule has 2 N–H and O–H groups in total. The Morgan fingerprint density at radius 1 is 0.792 bits per heavy atom. The molecule has 4 heteroatoms. The van der Waals surface area contributed by atoms with Gasteiger partial charge in [-0.1, -0.05) is 36.4 Å². The number of aliphatic hydroxyl groups is 2. The summed E-state index contributed by atoms with van der Waals surface area (Å²) in [5.74, 6) is 1.50. The number of rotatable bonds is 8. The van der Waals surface area contributed by atoms with Gasteiger partial charge in [0.05, 0.1) is 26.4 Å². The molecule has 0 saturated carbocycles. The molecular formula is C20H24O4. The second-order valence-electron chi connectivity index (χ2n) is 5.74. The third-order valence-electron chi connectivity index (χ3n) is 3.97. The first kappa shape index (κ1) is 18.0. The van der Waals surface area contributed by atoms with Crippen LogP contribution in [0, 0.1) is 0 Å². The van der Waals surface area contributed by atoms with E-state index >= 15 is 0 Å². The Hall–Kier alpha value is -2.30. The molecule has 4 nitrogen and oxygen atoms in total. The summed E-state index contributed by atoms with van der Waals surface area (Å²) in [5.41, 5.74) is 2.40. The second kappa shape index (κ2) is 8.52. The van der Waals surface area contributed by atoms with Crippen LogP contribution in [0.1, 0.15) is 36.2 Å². The molecule has 0 aliphatic heterocycles. The zero-order chi connectivity index (χ0) is 17.5. The molecule has 2 atom stereocenters. The van der Waals surface area contributed by atoms with Crippen LogP contribution in [0.2, 0.25) is 0 Å². The van der Waals surface area contributed by atoms with Crippen molar-refractivity contribution in [2.75, 3.05) is 14.2 Å². The molecule has 0 bridgehead atoms. The molecule has 0 saturated heterocycles. The number of hydrogen-bond donors (Lipinski definition) is 2. The van der Waals surface area contributed by atoms with E-state index in [1.165, 1.54) is 0 Å². The molecule has 0 unspecified atom stereocenters. The summed E-state index contributed by atoms with van der Waals surface area (Å²) in [5, 5.41) is 20.6. The van der Waals surface area contributed by atoms with E-state index in [9.17, 15) is 10.2 Å². The van der Waals surface area contributed by atoms with Crippen molar-refractivity contribution in [2.24, 2.45) is 0 Å². The third-order valence-corrected chi connectivity index (χ3v) is 3.97. The quantitative estimate of drug-likeness (QED) is 0.724. The Kier molecular flexibility index (Phi) is 6.41. The molecule has 2 aromatic rings. The molecule has 0 spiro atoms. The lowest BCUT2D eigenvalue weighted by Gasteiger charge is -2.17. The summed E-state index contributed by atoms with van der Waals surface area (Å²) in [6, 6.07) is 14.6. The molecule has 0 aliphatic rings. The maximum atomic E-state index is 10.3. The van der Waals surface area contributed by atoms with Gasteiger partial charge >= 0.3 is 0 Å². The van der Waals surface area contributed by atoms with Crippen molar-refractivity contribution in [2.45, 2.75) is 25.0 Å². The highest BCUT2D eigenvalue weighted by molar-refractivity contribution is 5.30. The minimum absolute atomic E-state index is 0.402. The summed E-state index contributed by atoms with van der Waals surface area (Å²) in [4.78, 5) is 0. The van der Waals surface area contributed by atoms with Crippen molar-refractivity contribution in [1.82, 2.24) is 0 Å². The Bertz CT molecular complexity index is 589.